The highest BCUT2D eigenvalue weighted by molar-refractivity contribution is 7.81. The number of hydrogen-bond acceptors (Lipinski definition) is 4. The molecule has 6 heteroatoms. The Kier molecular flexibility index (Phi) is 10.5. The topological polar surface area (TPSA) is 27.7 Å². The van der Waals surface area contributed by atoms with Crippen molar-refractivity contribution in [1.82, 2.24) is 0 Å². The van der Waals surface area contributed by atoms with Crippen molar-refractivity contribution in [2.24, 2.45) is 0 Å². The smallest absolute Gasteiger partial charge is 0.371 e. The highest BCUT2D eigenvalue weighted by Gasteiger charge is 2.62. The molecule has 2 aliphatic rings. The van der Waals surface area contributed by atoms with Crippen molar-refractivity contribution in [3.63, 3.8) is 0 Å². The molecular formula is C18H38O3SSi2. The van der Waals surface area contributed by atoms with Gasteiger partial charge in [-0.05, 0) is 18.9 Å². The number of rotatable bonds is 6. The molecule has 0 saturated carbocycles. The molecule has 0 N–H and O–H groups in total. The van der Waals surface area contributed by atoms with Crippen molar-refractivity contribution in [3.05, 3.63) is 12.3 Å². The maximum absolute atomic E-state index is 5.86. The monoisotopic (exact) mass is 390 g/mol. The lowest BCUT2D eigenvalue weighted by Gasteiger charge is -2.51. The quantitative estimate of drug-likeness (QED) is 0.528. The second-order valence-electron chi connectivity index (χ2n) is 7.05. The third-order valence-electron chi connectivity index (χ3n) is 5.79. The van der Waals surface area contributed by atoms with Gasteiger partial charge >= 0.3 is 8.56 Å². The molecule has 2 unspecified atom stereocenters. The summed E-state index contributed by atoms with van der Waals surface area (Å²) in [7, 11) is 2.64. The van der Waals surface area contributed by atoms with Gasteiger partial charge in [-0.1, -0.05) is 51.1 Å². The zero-order chi connectivity index (χ0) is 18.1. The van der Waals surface area contributed by atoms with Crippen LogP contribution in [0.5, 0.6) is 0 Å². The van der Waals surface area contributed by atoms with E-state index in [0.717, 1.165) is 31.7 Å². The van der Waals surface area contributed by atoms with Gasteiger partial charge in [-0.2, -0.15) is 12.6 Å². The molecule has 2 rings (SSSR count). The summed E-state index contributed by atoms with van der Waals surface area (Å²) in [6.07, 6.45) is 8.69. The second kappa shape index (κ2) is 11.2. The van der Waals surface area contributed by atoms with Gasteiger partial charge in [-0.3, -0.25) is 0 Å². The molecule has 2 aliphatic heterocycles. The standard InChI is InChI=1S/C11H24O3SSi.C7H14Si/c1-5-8-11(12-2)10(15)7-6-9-16(11,13-3)14-4;1-2-8-6-4-3-5-7-8/h10,15H,5-9H2,1-4H3;2,8H,1,3-7H2. The van der Waals surface area contributed by atoms with Gasteiger partial charge in [0, 0.05) is 26.6 Å². The van der Waals surface area contributed by atoms with Gasteiger partial charge in [-0.15, -0.1) is 12.3 Å². The average Bonchev–Trinajstić information content (AvgIpc) is 2.64. The van der Waals surface area contributed by atoms with Gasteiger partial charge in [0.25, 0.3) is 0 Å². The first-order valence-corrected chi connectivity index (χ1v) is 14.4. The summed E-state index contributed by atoms with van der Waals surface area (Å²) in [5.74, 6) is 0. The zero-order valence-corrected chi connectivity index (χ0v) is 19.2. The molecule has 0 bridgehead atoms. The lowest BCUT2D eigenvalue weighted by Crippen LogP contribution is -2.69. The lowest BCUT2D eigenvalue weighted by atomic mass is 10.1. The Bertz CT molecular complexity index is 360. The molecule has 2 saturated heterocycles. The average molecular weight is 391 g/mol. The van der Waals surface area contributed by atoms with E-state index in [4.69, 9.17) is 26.2 Å². The van der Waals surface area contributed by atoms with Gasteiger partial charge < -0.3 is 13.6 Å². The lowest BCUT2D eigenvalue weighted by molar-refractivity contribution is -0.00972. The van der Waals surface area contributed by atoms with Crippen molar-refractivity contribution in [1.29, 1.82) is 0 Å². The maximum atomic E-state index is 5.86. The molecule has 0 aromatic carbocycles. The largest absolute Gasteiger partial charge is 0.396 e. The Morgan fingerprint density at radius 1 is 1.17 bits per heavy atom. The van der Waals surface area contributed by atoms with Gasteiger partial charge in [-0.25, -0.2) is 0 Å². The predicted molar refractivity (Wildman–Crippen MR) is 112 cm³/mol. The number of hydrogen-bond donors (Lipinski definition) is 1. The van der Waals surface area contributed by atoms with Gasteiger partial charge in [0.1, 0.15) is 5.22 Å². The molecule has 2 heterocycles. The predicted octanol–water partition coefficient (Wildman–Crippen LogP) is 4.66. The maximum Gasteiger partial charge on any atom is 0.371 e. The fourth-order valence-corrected chi connectivity index (χ4v) is 11.7. The Morgan fingerprint density at radius 2 is 1.79 bits per heavy atom. The summed E-state index contributed by atoms with van der Waals surface area (Å²) in [5.41, 5.74) is 2.25. The van der Waals surface area contributed by atoms with Gasteiger partial charge in [0.05, 0.1) is 8.80 Å². The zero-order valence-electron chi connectivity index (χ0n) is 16.2. The van der Waals surface area contributed by atoms with Crippen molar-refractivity contribution >= 4 is 30.0 Å². The van der Waals surface area contributed by atoms with E-state index >= 15 is 0 Å². The van der Waals surface area contributed by atoms with E-state index in [1.165, 1.54) is 31.4 Å². The molecule has 142 valence electrons. The molecule has 0 aliphatic carbocycles. The van der Waals surface area contributed by atoms with Gasteiger partial charge in [0.2, 0.25) is 0 Å². The molecule has 2 atom stereocenters. The summed E-state index contributed by atoms with van der Waals surface area (Å²) >= 11 is 4.73. The van der Waals surface area contributed by atoms with E-state index in [1.54, 1.807) is 21.3 Å². The van der Waals surface area contributed by atoms with Crippen LogP contribution in [-0.2, 0) is 13.6 Å². The molecule has 0 radical (unpaired) electrons. The van der Waals surface area contributed by atoms with Crippen molar-refractivity contribution in [3.8, 4) is 0 Å². The Morgan fingerprint density at radius 3 is 2.21 bits per heavy atom. The number of methoxy groups -OCH3 is 1. The molecule has 0 amide bonds. The van der Waals surface area contributed by atoms with Crippen molar-refractivity contribution in [2.75, 3.05) is 21.3 Å². The van der Waals surface area contributed by atoms with Crippen LogP contribution >= 0.6 is 12.6 Å². The van der Waals surface area contributed by atoms with Crippen LogP contribution in [0.15, 0.2) is 12.3 Å². The first kappa shape index (κ1) is 22.4. The molecule has 0 aromatic rings. The molecular weight excluding hydrogens is 352 g/mol. The summed E-state index contributed by atoms with van der Waals surface area (Å²) in [6.45, 7) is 6.01. The SMILES string of the molecule is C=C[SiH]1CCCCC1.CCCC1(OC)C(S)CCC[Si]1(OC)OC. The van der Waals surface area contributed by atoms with Crippen molar-refractivity contribution in [2.45, 2.75) is 80.5 Å². The number of thiol groups is 1. The van der Waals surface area contributed by atoms with Crippen LogP contribution in [0.4, 0.5) is 0 Å². The van der Waals surface area contributed by atoms with Crippen LogP contribution in [0.1, 0.15) is 51.9 Å². The fraction of sp³-hybridized carbons (Fsp3) is 0.889. The van der Waals surface area contributed by atoms with Crippen LogP contribution in [0, 0.1) is 0 Å². The number of ether oxygens (including phenoxy) is 1. The molecule has 0 aromatic heterocycles. The minimum absolute atomic E-state index is 0.220. The van der Waals surface area contributed by atoms with Crippen LogP contribution in [0.3, 0.4) is 0 Å². The van der Waals surface area contributed by atoms with Gasteiger partial charge in [0.15, 0.2) is 0 Å². The molecule has 0 spiro atoms. The molecule has 2 fully saturated rings. The summed E-state index contributed by atoms with van der Waals surface area (Å²) in [5, 5.41) is -0.0788. The normalized spacial score (nSPS) is 30.3. The third-order valence-corrected chi connectivity index (χ3v) is 14.1. The van der Waals surface area contributed by atoms with Crippen LogP contribution in [-0.4, -0.2) is 49.2 Å². The Hall–Kier alpha value is 0.404. The first-order valence-electron chi connectivity index (χ1n) is 9.51. The van der Waals surface area contributed by atoms with Crippen LogP contribution in [0.25, 0.3) is 0 Å². The van der Waals surface area contributed by atoms with E-state index < -0.39 is 8.56 Å². The minimum Gasteiger partial charge on any atom is -0.396 e. The highest BCUT2D eigenvalue weighted by Crippen LogP contribution is 2.45. The summed E-state index contributed by atoms with van der Waals surface area (Å²) in [4.78, 5) is 0. The second-order valence-corrected chi connectivity index (χ2v) is 14.5. The third kappa shape index (κ3) is 4.98. The fourth-order valence-electron chi connectivity index (χ4n) is 4.35. The highest BCUT2D eigenvalue weighted by atomic mass is 32.1. The van der Waals surface area contributed by atoms with E-state index in [0.29, 0.717) is 0 Å². The van der Waals surface area contributed by atoms with E-state index in [-0.39, 0.29) is 19.3 Å². The minimum atomic E-state index is -2.29. The van der Waals surface area contributed by atoms with Crippen LogP contribution in [0.2, 0.25) is 18.1 Å². The molecule has 3 nitrogen and oxygen atoms in total. The van der Waals surface area contributed by atoms with Crippen LogP contribution < -0.4 is 0 Å². The van der Waals surface area contributed by atoms with E-state index in [2.05, 4.69) is 19.2 Å². The van der Waals surface area contributed by atoms with Crippen molar-refractivity contribution < 1.29 is 13.6 Å². The van der Waals surface area contributed by atoms with E-state index in [1.807, 2.05) is 0 Å². The first-order chi connectivity index (χ1) is 11.6. The summed E-state index contributed by atoms with van der Waals surface area (Å²) in [6, 6.07) is 4.07. The van der Waals surface area contributed by atoms with E-state index in [9.17, 15) is 0 Å². The Balaban J connectivity index is 0.000000300. The summed E-state index contributed by atoms with van der Waals surface area (Å²) < 4.78 is 17.5. The molecule has 24 heavy (non-hydrogen) atoms. The Labute approximate surface area is 157 Å².